The Labute approximate surface area is 78.2 Å². The first-order chi connectivity index (χ1) is 6.45. The van der Waals surface area contributed by atoms with Crippen LogP contribution in [0.15, 0.2) is 41.5 Å². The van der Waals surface area contributed by atoms with Crippen molar-refractivity contribution in [2.75, 3.05) is 13.1 Å². The number of hydrogen-bond acceptors (Lipinski definition) is 2. The molecular formula is C11H12N2. The highest BCUT2D eigenvalue weighted by Gasteiger charge is 1.99. The molecule has 0 unspecified atom stereocenters. The molecule has 0 radical (unpaired) electrons. The molecule has 0 fully saturated rings. The molecule has 0 aromatic heterocycles. The average molecular weight is 172 g/mol. The highest BCUT2D eigenvalue weighted by atomic mass is 15.2. The lowest BCUT2D eigenvalue weighted by Crippen LogP contribution is -2.10. The van der Waals surface area contributed by atoms with Crippen LogP contribution in [0.1, 0.15) is 5.56 Å². The monoisotopic (exact) mass is 172 g/mol. The Balaban J connectivity index is 2.01. The molecule has 1 aromatic rings. The van der Waals surface area contributed by atoms with E-state index in [4.69, 9.17) is 0 Å². The SMILES string of the molecule is C1=NCCN1/C=C\c1ccccc1. The number of aliphatic imine (C=N–C) groups is 1. The molecule has 1 heterocycles. The third-order valence-corrected chi connectivity index (χ3v) is 1.98. The minimum atomic E-state index is 0.916. The number of rotatable bonds is 2. The Morgan fingerprint density at radius 3 is 2.77 bits per heavy atom. The summed E-state index contributed by atoms with van der Waals surface area (Å²) >= 11 is 0. The summed E-state index contributed by atoms with van der Waals surface area (Å²) in [6, 6.07) is 10.3. The highest BCUT2D eigenvalue weighted by Crippen LogP contribution is 2.03. The lowest BCUT2D eigenvalue weighted by molar-refractivity contribution is 0.628. The van der Waals surface area contributed by atoms with Gasteiger partial charge in [0.2, 0.25) is 0 Å². The summed E-state index contributed by atoms with van der Waals surface area (Å²) in [4.78, 5) is 6.22. The van der Waals surface area contributed by atoms with Crippen LogP contribution in [0, 0.1) is 0 Å². The van der Waals surface area contributed by atoms with Gasteiger partial charge in [-0.25, -0.2) is 0 Å². The summed E-state index contributed by atoms with van der Waals surface area (Å²) in [5.41, 5.74) is 1.22. The van der Waals surface area contributed by atoms with Gasteiger partial charge < -0.3 is 4.90 Å². The van der Waals surface area contributed by atoms with Crippen molar-refractivity contribution in [3.63, 3.8) is 0 Å². The molecule has 0 saturated carbocycles. The standard InChI is InChI=1S/C11H12N2/c1-2-4-11(5-3-1)6-8-13-9-7-12-10-13/h1-6,8,10H,7,9H2/b8-6-. The molecule has 66 valence electrons. The largest absolute Gasteiger partial charge is 0.338 e. The maximum absolute atomic E-state index is 4.13. The van der Waals surface area contributed by atoms with Gasteiger partial charge in [0.15, 0.2) is 0 Å². The molecule has 0 amide bonds. The number of nitrogens with zero attached hydrogens (tertiary/aromatic N) is 2. The van der Waals surface area contributed by atoms with E-state index in [1.165, 1.54) is 5.56 Å². The summed E-state index contributed by atoms with van der Waals surface area (Å²) in [5.74, 6) is 0. The minimum absolute atomic E-state index is 0.916. The van der Waals surface area contributed by atoms with Gasteiger partial charge in [0.1, 0.15) is 0 Å². The third-order valence-electron chi connectivity index (χ3n) is 1.98. The van der Waals surface area contributed by atoms with Crippen molar-refractivity contribution in [3.8, 4) is 0 Å². The molecule has 0 bridgehead atoms. The van der Waals surface area contributed by atoms with Crippen molar-refractivity contribution in [1.82, 2.24) is 4.90 Å². The van der Waals surface area contributed by atoms with Crippen LogP contribution in [0.5, 0.6) is 0 Å². The Morgan fingerprint density at radius 1 is 1.23 bits per heavy atom. The van der Waals surface area contributed by atoms with Gasteiger partial charge in [0, 0.05) is 12.7 Å². The summed E-state index contributed by atoms with van der Waals surface area (Å²) in [6.07, 6.45) is 6.03. The zero-order chi connectivity index (χ0) is 8.93. The van der Waals surface area contributed by atoms with Crippen molar-refractivity contribution in [2.24, 2.45) is 4.99 Å². The second-order valence-electron chi connectivity index (χ2n) is 2.99. The van der Waals surface area contributed by atoms with Crippen LogP contribution in [-0.4, -0.2) is 24.3 Å². The molecule has 2 heteroatoms. The van der Waals surface area contributed by atoms with Crippen LogP contribution in [-0.2, 0) is 0 Å². The van der Waals surface area contributed by atoms with Gasteiger partial charge in [0.05, 0.1) is 12.9 Å². The highest BCUT2D eigenvalue weighted by molar-refractivity contribution is 5.61. The maximum atomic E-state index is 4.13. The van der Waals surface area contributed by atoms with E-state index in [1.54, 1.807) is 0 Å². The summed E-state index contributed by atoms with van der Waals surface area (Å²) in [7, 11) is 0. The molecule has 0 atom stereocenters. The van der Waals surface area contributed by atoms with Crippen molar-refractivity contribution in [2.45, 2.75) is 0 Å². The zero-order valence-electron chi connectivity index (χ0n) is 7.43. The van der Waals surface area contributed by atoms with Gasteiger partial charge in [-0.2, -0.15) is 0 Å². The smallest absolute Gasteiger partial charge is 0.0891 e. The zero-order valence-corrected chi connectivity index (χ0v) is 7.43. The predicted molar refractivity (Wildman–Crippen MR) is 55.5 cm³/mol. The lowest BCUT2D eigenvalue weighted by Gasteiger charge is -2.05. The first-order valence-corrected chi connectivity index (χ1v) is 4.44. The Morgan fingerprint density at radius 2 is 2.08 bits per heavy atom. The molecule has 1 aliphatic rings. The van der Waals surface area contributed by atoms with Crippen LogP contribution < -0.4 is 0 Å². The summed E-state index contributed by atoms with van der Waals surface area (Å²) in [6.45, 7) is 1.92. The van der Waals surface area contributed by atoms with Gasteiger partial charge in [0.25, 0.3) is 0 Å². The van der Waals surface area contributed by atoms with E-state index in [0.717, 1.165) is 13.1 Å². The molecule has 2 rings (SSSR count). The fraction of sp³-hybridized carbons (Fsp3) is 0.182. The van der Waals surface area contributed by atoms with Gasteiger partial charge >= 0.3 is 0 Å². The Bertz CT molecular complexity index is 314. The van der Waals surface area contributed by atoms with Crippen LogP contribution in [0.25, 0.3) is 6.08 Å². The van der Waals surface area contributed by atoms with Crippen LogP contribution >= 0.6 is 0 Å². The van der Waals surface area contributed by atoms with Gasteiger partial charge in [-0.15, -0.1) is 0 Å². The normalized spacial score (nSPS) is 15.8. The maximum Gasteiger partial charge on any atom is 0.0891 e. The minimum Gasteiger partial charge on any atom is -0.338 e. The van der Waals surface area contributed by atoms with E-state index < -0.39 is 0 Å². The van der Waals surface area contributed by atoms with E-state index in [2.05, 4.69) is 34.3 Å². The summed E-state index contributed by atoms with van der Waals surface area (Å²) in [5, 5.41) is 0. The van der Waals surface area contributed by atoms with Gasteiger partial charge in [-0.1, -0.05) is 30.3 Å². The molecule has 0 N–H and O–H groups in total. The fourth-order valence-electron chi connectivity index (χ4n) is 1.25. The van der Waals surface area contributed by atoms with Crippen LogP contribution in [0.2, 0.25) is 0 Å². The van der Waals surface area contributed by atoms with E-state index in [0.29, 0.717) is 0 Å². The van der Waals surface area contributed by atoms with Gasteiger partial charge in [-0.3, -0.25) is 4.99 Å². The van der Waals surface area contributed by atoms with Crippen molar-refractivity contribution in [3.05, 3.63) is 42.1 Å². The van der Waals surface area contributed by atoms with Crippen LogP contribution in [0.3, 0.4) is 0 Å². The van der Waals surface area contributed by atoms with Crippen molar-refractivity contribution in [1.29, 1.82) is 0 Å². The summed E-state index contributed by atoms with van der Waals surface area (Å²) < 4.78 is 0. The second kappa shape index (κ2) is 3.90. The molecule has 0 saturated heterocycles. The topological polar surface area (TPSA) is 15.6 Å². The quantitative estimate of drug-likeness (QED) is 0.666. The first kappa shape index (κ1) is 8.05. The van der Waals surface area contributed by atoms with E-state index >= 15 is 0 Å². The first-order valence-electron chi connectivity index (χ1n) is 4.44. The van der Waals surface area contributed by atoms with E-state index in [9.17, 15) is 0 Å². The predicted octanol–water partition coefficient (Wildman–Crippen LogP) is 2.00. The molecule has 0 aliphatic carbocycles. The van der Waals surface area contributed by atoms with Crippen molar-refractivity contribution < 1.29 is 0 Å². The molecular weight excluding hydrogens is 160 g/mol. The molecule has 2 nitrogen and oxygen atoms in total. The van der Waals surface area contributed by atoms with Gasteiger partial charge in [-0.05, 0) is 11.6 Å². The Kier molecular flexibility index (Phi) is 2.41. The molecule has 13 heavy (non-hydrogen) atoms. The van der Waals surface area contributed by atoms with Crippen molar-refractivity contribution >= 4 is 12.4 Å². The third kappa shape index (κ3) is 2.18. The Hall–Kier alpha value is -1.57. The lowest BCUT2D eigenvalue weighted by atomic mass is 10.2. The second-order valence-corrected chi connectivity index (χ2v) is 2.99. The molecule has 1 aliphatic heterocycles. The van der Waals surface area contributed by atoms with E-state index in [-0.39, 0.29) is 0 Å². The van der Waals surface area contributed by atoms with E-state index in [1.807, 2.05) is 24.5 Å². The number of hydrogen-bond donors (Lipinski definition) is 0. The molecule has 1 aromatic carbocycles. The fourth-order valence-corrected chi connectivity index (χ4v) is 1.25. The molecule has 0 spiro atoms. The average Bonchev–Trinajstić information content (AvgIpc) is 2.69. The number of benzene rings is 1. The van der Waals surface area contributed by atoms with Crippen LogP contribution in [0.4, 0.5) is 0 Å².